The highest BCUT2D eigenvalue weighted by Crippen LogP contribution is 2.30. The zero-order chi connectivity index (χ0) is 15.5. The number of carbonyl (C=O) groups is 1. The molecule has 2 aromatic rings. The molecule has 1 aliphatic heterocycles. The van der Waals surface area contributed by atoms with Gasteiger partial charge in [0.15, 0.2) is 6.23 Å². The number of carbonyl (C=O) groups excluding carboxylic acids is 1. The molecule has 22 heavy (non-hydrogen) atoms. The lowest BCUT2D eigenvalue weighted by Gasteiger charge is -2.15. The van der Waals surface area contributed by atoms with Gasteiger partial charge >= 0.3 is 5.97 Å². The maximum atomic E-state index is 11.8. The zero-order valence-electron chi connectivity index (χ0n) is 12.5. The lowest BCUT2D eigenvalue weighted by Crippen LogP contribution is -2.21. The van der Waals surface area contributed by atoms with Crippen molar-refractivity contribution in [1.82, 2.24) is 5.32 Å². The summed E-state index contributed by atoms with van der Waals surface area (Å²) < 4.78 is 15.9. The van der Waals surface area contributed by atoms with Crippen molar-refractivity contribution in [2.45, 2.75) is 12.8 Å². The van der Waals surface area contributed by atoms with Crippen molar-refractivity contribution < 1.29 is 19.0 Å². The first-order valence-electron chi connectivity index (χ1n) is 6.97. The lowest BCUT2D eigenvalue weighted by atomic mass is 10.1. The summed E-state index contributed by atoms with van der Waals surface area (Å²) in [7, 11) is 3.23. The van der Waals surface area contributed by atoms with E-state index in [-0.39, 0.29) is 5.97 Å². The van der Waals surface area contributed by atoms with Gasteiger partial charge in [-0.2, -0.15) is 0 Å². The molecule has 0 saturated heterocycles. The second-order valence-electron chi connectivity index (χ2n) is 4.93. The predicted octanol–water partition coefficient (Wildman–Crippen LogP) is 2.66. The van der Waals surface area contributed by atoms with E-state index in [0.29, 0.717) is 12.1 Å². The summed E-state index contributed by atoms with van der Waals surface area (Å²) in [6, 6.07) is 13.0. The fourth-order valence-electron chi connectivity index (χ4n) is 2.50. The van der Waals surface area contributed by atoms with Crippen LogP contribution in [0, 0.1) is 0 Å². The van der Waals surface area contributed by atoms with E-state index < -0.39 is 6.23 Å². The third-order valence-corrected chi connectivity index (χ3v) is 3.66. The lowest BCUT2D eigenvalue weighted by molar-refractivity contribution is 0.0303. The molecular weight excluding hydrogens is 282 g/mol. The van der Waals surface area contributed by atoms with Crippen molar-refractivity contribution in [2.75, 3.05) is 14.2 Å². The van der Waals surface area contributed by atoms with Crippen LogP contribution >= 0.6 is 0 Å². The number of hydrogen-bond acceptors (Lipinski definition) is 5. The van der Waals surface area contributed by atoms with Crippen molar-refractivity contribution in [2.24, 2.45) is 0 Å². The highest BCUT2D eigenvalue weighted by molar-refractivity contribution is 5.93. The Labute approximate surface area is 128 Å². The molecule has 1 heterocycles. The first-order chi connectivity index (χ1) is 10.7. The van der Waals surface area contributed by atoms with Crippen molar-refractivity contribution in [3.05, 3.63) is 59.2 Å². The minimum absolute atomic E-state index is 0.296. The number of esters is 1. The van der Waals surface area contributed by atoms with E-state index in [1.807, 2.05) is 36.4 Å². The standard InChI is InChI=1S/C17H17NO4/c1-20-12-8-7-11(15(9-12)21-2)10-18-16-13-5-3-4-6-14(13)17(19)22-16/h3-9,16,18H,10H2,1-2H3. The van der Waals surface area contributed by atoms with Crippen LogP contribution in [0.5, 0.6) is 11.5 Å². The molecule has 0 aliphatic carbocycles. The molecule has 0 radical (unpaired) electrons. The third-order valence-electron chi connectivity index (χ3n) is 3.66. The van der Waals surface area contributed by atoms with Crippen LogP contribution in [-0.4, -0.2) is 20.2 Å². The van der Waals surface area contributed by atoms with Gasteiger partial charge < -0.3 is 14.2 Å². The molecule has 1 unspecified atom stereocenters. The number of ether oxygens (including phenoxy) is 3. The van der Waals surface area contributed by atoms with E-state index in [0.717, 1.165) is 22.6 Å². The summed E-state index contributed by atoms with van der Waals surface area (Å²) in [5.41, 5.74) is 2.44. The van der Waals surface area contributed by atoms with Gasteiger partial charge in [-0.05, 0) is 12.1 Å². The van der Waals surface area contributed by atoms with Gasteiger partial charge in [-0.1, -0.05) is 24.3 Å². The monoisotopic (exact) mass is 299 g/mol. The Bertz CT molecular complexity index is 699. The van der Waals surface area contributed by atoms with Crippen LogP contribution in [0.3, 0.4) is 0 Å². The maximum Gasteiger partial charge on any atom is 0.340 e. The Hall–Kier alpha value is -2.53. The normalized spacial score (nSPS) is 16.1. The van der Waals surface area contributed by atoms with Crippen molar-refractivity contribution >= 4 is 5.97 Å². The van der Waals surface area contributed by atoms with Crippen LogP contribution in [0.4, 0.5) is 0 Å². The summed E-state index contributed by atoms with van der Waals surface area (Å²) in [4.78, 5) is 11.8. The number of fused-ring (bicyclic) bond motifs is 1. The highest BCUT2D eigenvalue weighted by Gasteiger charge is 2.30. The molecule has 2 aromatic carbocycles. The average Bonchev–Trinajstić information content (AvgIpc) is 2.89. The van der Waals surface area contributed by atoms with E-state index in [4.69, 9.17) is 14.2 Å². The topological polar surface area (TPSA) is 56.8 Å². The minimum Gasteiger partial charge on any atom is -0.497 e. The molecule has 1 atom stereocenters. The molecule has 1 N–H and O–H groups in total. The molecule has 5 heteroatoms. The van der Waals surface area contributed by atoms with Gasteiger partial charge in [0, 0.05) is 23.7 Å². The van der Waals surface area contributed by atoms with Crippen molar-refractivity contribution in [1.29, 1.82) is 0 Å². The first-order valence-corrected chi connectivity index (χ1v) is 6.97. The summed E-state index contributed by atoms with van der Waals surface area (Å²) in [5.74, 6) is 1.16. The van der Waals surface area contributed by atoms with E-state index in [2.05, 4.69) is 5.32 Å². The summed E-state index contributed by atoms with van der Waals surface area (Å²) in [5, 5.41) is 3.23. The quantitative estimate of drug-likeness (QED) is 0.860. The Morgan fingerprint density at radius 3 is 2.73 bits per heavy atom. The van der Waals surface area contributed by atoms with Crippen LogP contribution in [0.2, 0.25) is 0 Å². The van der Waals surface area contributed by atoms with E-state index in [1.165, 1.54) is 0 Å². The smallest absolute Gasteiger partial charge is 0.340 e. The summed E-state index contributed by atoms with van der Waals surface area (Å²) in [6.45, 7) is 0.513. The molecular formula is C17H17NO4. The molecule has 114 valence electrons. The predicted molar refractivity (Wildman–Crippen MR) is 81.0 cm³/mol. The van der Waals surface area contributed by atoms with Gasteiger partial charge in [-0.15, -0.1) is 0 Å². The Balaban J connectivity index is 1.75. The first kappa shape index (κ1) is 14.4. The van der Waals surface area contributed by atoms with Gasteiger partial charge in [-0.3, -0.25) is 5.32 Å². The summed E-state index contributed by atoms with van der Waals surface area (Å²) in [6.07, 6.45) is -0.435. The zero-order valence-corrected chi connectivity index (χ0v) is 12.5. The molecule has 0 amide bonds. The maximum absolute atomic E-state index is 11.8. The number of rotatable bonds is 5. The fraction of sp³-hybridized carbons (Fsp3) is 0.235. The Kier molecular flexibility index (Phi) is 3.98. The second-order valence-corrected chi connectivity index (χ2v) is 4.93. The number of methoxy groups -OCH3 is 2. The van der Waals surface area contributed by atoms with Gasteiger partial charge in [0.2, 0.25) is 0 Å². The molecule has 0 aromatic heterocycles. The van der Waals surface area contributed by atoms with E-state index >= 15 is 0 Å². The van der Waals surface area contributed by atoms with Gasteiger partial charge in [0.05, 0.1) is 19.8 Å². The molecule has 0 spiro atoms. The highest BCUT2D eigenvalue weighted by atomic mass is 16.6. The van der Waals surface area contributed by atoms with Crippen LogP contribution in [0.15, 0.2) is 42.5 Å². The fourth-order valence-corrected chi connectivity index (χ4v) is 2.50. The minimum atomic E-state index is -0.435. The SMILES string of the molecule is COc1ccc(CNC2OC(=O)c3ccccc32)c(OC)c1. The molecule has 5 nitrogen and oxygen atoms in total. The molecule has 3 rings (SSSR count). The Morgan fingerprint density at radius 1 is 1.14 bits per heavy atom. The second kappa shape index (κ2) is 6.07. The molecule has 0 fully saturated rings. The number of cyclic esters (lactones) is 1. The largest absolute Gasteiger partial charge is 0.497 e. The molecule has 1 aliphatic rings. The molecule has 0 saturated carbocycles. The average molecular weight is 299 g/mol. The number of nitrogens with one attached hydrogen (secondary N) is 1. The van der Waals surface area contributed by atoms with Crippen LogP contribution in [0.1, 0.15) is 27.7 Å². The van der Waals surface area contributed by atoms with Gasteiger partial charge in [0.25, 0.3) is 0 Å². The van der Waals surface area contributed by atoms with Crippen LogP contribution < -0.4 is 14.8 Å². The summed E-state index contributed by atoms with van der Waals surface area (Å²) >= 11 is 0. The van der Waals surface area contributed by atoms with E-state index in [9.17, 15) is 4.79 Å². The van der Waals surface area contributed by atoms with Crippen molar-refractivity contribution in [3.63, 3.8) is 0 Å². The number of hydrogen-bond donors (Lipinski definition) is 1. The Morgan fingerprint density at radius 2 is 1.95 bits per heavy atom. The van der Waals surface area contributed by atoms with E-state index in [1.54, 1.807) is 20.3 Å². The molecule has 0 bridgehead atoms. The van der Waals surface area contributed by atoms with Crippen molar-refractivity contribution in [3.8, 4) is 11.5 Å². The number of benzene rings is 2. The van der Waals surface area contributed by atoms with Gasteiger partial charge in [0.1, 0.15) is 11.5 Å². The van der Waals surface area contributed by atoms with Crippen LogP contribution in [-0.2, 0) is 11.3 Å². The van der Waals surface area contributed by atoms with Crippen LogP contribution in [0.25, 0.3) is 0 Å². The van der Waals surface area contributed by atoms with Gasteiger partial charge in [-0.25, -0.2) is 4.79 Å². The third kappa shape index (κ3) is 2.63.